The lowest BCUT2D eigenvalue weighted by Gasteiger charge is -2.20. The van der Waals surface area contributed by atoms with Crippen LogP contribution in [0.1, 0.15) is 50.5 Å². The van der Waals surface area contributed by atoms with Gasteiger partial charge in [0.15, 0.2) is 5.96 Å². The Morgan fingerprint density at radius 1 is 1.31 bits per heavy atom. The third kappa shape index (κ3) is 9.96. The Morgan fingerprint density at radius 3 is 2.58 bits per heavy atom. The van der Waals surface area contributed by atoms with Crippen LogP contribution in [0.25, 0.3) is 0 Å². The van der Waals surface area contributed by atoms with Crippen molar-refractivity contribution in [1.29, 1.82) is 0 Å². The number of benzene rings is 1. The molecule has 1 unspecified atom stereocenters. The van der Waals surface area contributed by atoms with Crippen LogP contribution in [0.15, 0.2) is 29.3 Å². The molecule has 0 bridgehead atoms. The van der Waals surface area contributed by atoms with Crippen molar-refractivity contribution in [3.63, 3.8) is 0 Å². The lowest BCUT2D eigenvalue weighted by atomic mass is 10.1. The first-order valence-electron chi connectivity index (χ1n) is 8.70. The summed E-state index contributed by atoms with van der Waals surface area (Å²) in [4.78, 5) is 16.9. The molecule has 7 heteroatoms. The van der Waals surface area contributed by atoms with E-state index in [2.05, 4.69) is 20.9 Å². The number of nitrogens with one attached hydrogen (secondary N) is 3. The number of hydrogen-bond donors (Lipinski definition) is 3. The molecule has 0 fully saturated rings. The number of methoxy groups -OCH3 is 1. The van der Waals surface area contributed by atoms with Crippen LogP contribution in [-0.2, 0) is 11.3 Å². The number of hydrogen-bond acceptors (Lipinski definition) is 3. The second kappa shape index (κ2) is 12.1. The van der Waals surface area contributed by atoms with E-state index in [0.29, 0.717) is 18.7 Å². The number of ether oxygens (including phenoxy) is 1. The summed E-state index contributed by atoms with van der Waals surface area (Å²) in [5.41, 5.74) is 1.37. The maximum Gasteiger partial charge on any atom is 0.251 e. The van der Waals surface area contributed by atoms with Crippen molar-refractivity contribution in [2.24, 2.45) is 4.99 Å². The minimum Gasteiger partial charge on any atom is -0.383 e. The fraction of sp³-hybridized carbons (Fsp3) is 0.579. The largest absolute Gasteiger partial charge is 0.383 e. The molecule has 1 rings (SSSR count). The standard InChI is InChI=1S/C19H32N4O2.HI/c1-7-20-18(22-14(2)13-25-6)21-12-15-9-8-10-16(11-15)17(24)23-19(3,4)5;/h8-11,14H,7,12-13H2,1-6H3,(H,23,24)(H2,20,21,22);1H. The number of rotatable bonds is 7. The van der Waals surface area contributed by atoms with E-state index in [1.165, 1.54) is 0 Å². The molecule has 1 amide bonds. The summed E-state index contributed by atoms with van der Waals surface area (Å²) in [7, 11) is 1.68. The molecule has 6 nitrogen and oxygen atoms in total. The van der Waals surface area contributed by atoms with Gasteiger partial charge in [0, 0.05) is 30.8 Å². The Labute approximate surface area is 174 Å². The van der Waals surface area contributed by atoms with E-state index in [1.54, 1.807) is 7.11 Å². The number of nitrogens with zero attached hydrogens (tertiary/aromatic N) is 1. The van der Waals surface area contributed by atoms with Crippen LogP contribution in [-0.4, -0.2) is 43.7 Å². The lowest BCUT2D eigenvalue weighted by Crippen LogP contribution is -2.43. The van der Waals surface area contributed by atoms with Crippen LogP contribution in [0.2, 0.25) is 0 Å². The van der Waals surface area contributed by atoms with E-state index in [-0.39, 0.29) is 41.5 Å². The smallest absolute Gasteiger partial charge is 0.251 e. The first-order valence-corrected chi connectivity index (χ1v) is 8.70. The molecule has 0 saturated carbocycles. The highest BCUT2D eigenvalue weighted by atomic mass is 127. The van der Waals surface area contributed by atoms with Crippen molar-refractivity contribution in [3.05, 3.63) is 35.4 Å². The molecule has 3 N–H and O–H groups in total. The molecule has 1 aromatic rings. The Hall–Kier alpha value is -1.35. The number of carbonyl (C=O) groups excluding carboxylic acids is 1. The molecule has 148 valence electrons. The quantitative estimate of drug-likeness (QED) is 0.322. The molecule has 1 aromatic carbocycles. The molecular weight excluding hydrogens is 443 g/mol. The summed E-state index contributed by atoms with van der Waals surface area (Å²) >= 11 is 0. The minimum atomic E-state index is -0.259. The van der Waals surface area contributed by atoms with Crippen LogP contribution in [0.4, 0.5) is 0 Å². The monoisotopic (exact) mass is 476 g/mol. The van der Waals surface area contributed by atoms with Crippen LogP contribution in [0, 0.1) is 0 Å². The van der Waals surface area contributed by atoms with Gasteiger partial charge in [0.2, 0.25) is 0 Å². The van der Waals surface area contributed by atoms with E-state index >= 15 is 0 Å². The highest BCUT2D eigenvalue weighted by molar-refractivity contribution is 14.0. The molecule has 26 heavy (non-hydrogen) atoms. The second-order valence-electron chi connectivity index (χ2n) is 7.10. The van der Waals surface area contributed by atoms with Crippen molar-refractivity contribution in [3.8, 4) is 0 Å². The topological polar surface area (TPSA) is 74.8 Å². The van der Waals surface area contributed by atoms with Crippen molar-refractivity contribution in [1.82, 2.24) is 16.0 Å². The normalized spacial score (nSPS) is 12.8. The molecule has 0 aliphatic heterocycles. The molecule has 0 heterocycles. The summed E-state index contributed by atoms with van der Waals surface area (Å²) < 4.78 is 5.14. The van der Waals surface area contributed by atoms with E-state index in [4.69, 9.17) is 4.74 Å². The summed E-state index contributed by atoms with van der Waals surface area (Å²) in [5.74, 6) is 0.661. The number of halogens is 1. The molecule has 0 spiro atoms. The first-order chi connectivity index (χ1) is 11.7. The van der Waals surface area contributed by atoms with E-state index in [1.807, 2.05) is 58.9 Å². The highest BCUT2D eigenvalue weighted by Gasteiger charge is 2.15. The van der Waals surface area contributed by atoms with Gasteiger partial charge in [0.25, 0.3) is 5.91 Å². The van der Waals surface area contributed by atoms with Crippen molar-refractivity contribution < 1.29 is 9.53 Å². The van der Waals surface area contributed by atoms with Gasteiger partial charge in [-0.1, -0.05) is 12.1 Å². The third-order valence-corrected chi connectivity index (χ3v) is 3.24. The Kier molecular flexibility index (Phi) is 11.5. The molecule has 0 aliphatic rings. The number of carbonyl (C=O) groups is 1. The zero-order chi connectivity index (χ0) is 18.9. The summed E-state index contributed by atoms with van der Waals surface area (Å²) in [6.07, 6.45) is 0. The van der Waals surface area contributed by atoms with Gasteiger partial charge in [0.1, 0.15) is 0 Å². The van der Waals surface area contributed by atoms with Gasteiger partial charge in [-0.3, -0.25) is 4.79 Å². The Balaban J connectivity index is 0.00000625. The molecule has 0 radical (unpaired) electrons. The van der Waals surface area contributed by atoms with Gasteiger partial charge < -0.3 is 20.7 Å². The van der Waals surface area contributed by atoms with E-state index in [9.17, 15) is 4.79 Å². The molecular formula is C19H33IN4O2. The third-order valence-electron chi connectivity index (χ3n) is 3.24. The van der Waals surface area contributed by atoms with Crippen LogP contribution in [0.3, 0.4) is 0 Å². The van der Waals surface area contributed by atoms with Crippen molar-refractivity contribution in [2.75, 3.05) is 20.3 Å². The van der Waals surface area contributed by atoms with Gasteiger partial charge in [-0.25, -0.2) is 4.99 Å². The lowest BCUT2D eigenvalue weighted by molar-refractivity contribution is 0.0919. The molecule has 0 saturated heterocycles. The van der Waals surface area contributed by atoms with Gasteiger partial charge in [0.05, 0.1) is 13.2 Å². The fourth-order valence-corrected chi connectivity index (χ4v) is 2.24. The maximum absolute atomic E-state index is 12.3. The van der Waals surface area contributed by atoms with Crippen molar-refractivity contribution >= 4 is 35.8 Å². The average molecular weight is 476 g/mol. The van der Waals surface area contributed by atoms with Crippen molar-refractivity contribution in [2.45, 2.75) is 52.7 Å². The van der Waals surface area contributed by atoms with Crippen LogP contribution in [0.5, 0.6) is 0 Å². The van der Waals surface area contributed by atoms with Crippen LogP contribution < -0.4 is 16.0 Å². The van der Waals surface area contributed by atoms with Crippen LogP contribution >= 0.6 is 24.0 Å². The fourth-order valence-electron chi connectivity index (χ4n) is 2.24. The predicted molar refractivity (Wildman–Crippen MR) is 118 cm³/mol. The van der Waals surface area contributed by atoms with Gasteiger partial charge in [-0.15, -0.1) is 24.0 Å². The first kappa shape index (κ1) is 24.7. The summed E-state index contributed by atoms with van der Waals surface area (Å²) in [6.45, 7) is 11.8. The van der Waals surface area contributed by atoms with E-state index in [0.717, 1.165) is 18.1 Å². The number of amides is 1. The molecule has 0 aliphatic carbocycles. The van der Waals surface area contributed by atoms with E-state index < -0.39 is 0 Å². The predicted octanol–water partition coefficient (Wildman–Crippen LogP) is 2.92. The summed E-state index contributed by atoms with van der Waals surface area (Å²) in [5, 5.41) is 9.48. The Bertz CT molecular complexity index is 585. The SMILES string of the molecule is CCNC(=NCc1cccc(C(=O)NC(C)(C)C)c1)NC(C)COC.I. The molecule has 1 atom stereocenters. The number of guanidine groups is 1. The zero-order valence-corrected chi connectivity index (χ0v) is 19.0. The average Bonchev–Trinajstić information content (AvgIpc) is 2.52. The molecule has 0 aromatic heterocycles. The van der Waals surface area contributed by atoms with Gasteiger partial charge >= 0.3 is 0 Å². The Morgan fingerprint density at radius 2 is 2.00 bits per heavy atom. The number of aliphatic imine (C=N–C) groups is 1. The van der Waals surface area contributed by atoms with Gasteiger partial charge in [-0.2, -0.15) is 0 Å². The maximum atomic E-state index is 12.3. The highest BCUT2D eigenvalue weighted by Crippen LogP contribution is 2.09. The second-order valence-corrected chi connectivity index (χ2v) is 7.10. The minimum absolute atomic E-state index is 0. The van der Waals surface area contributed by atoms with Gasteiger partial charge in [-0.05, 0) is 52.3 Å². The summed E-state index contributed by atoms with van der Waals surface area (Å²) in [6, 6.07) is 7.72. The zero-order valence-electron chi connectivity index (χ0n) is 16.7.